The van der Waals surface area contributed by atoms with Crippen LogP contribution in [0, 0.1) is 6.92 Å². The number of aromatic amines is 2. The zero-order valence-electron chi connectivity index (χ0n) is 9.19. The molecule has 0 spiro atoms. The Morgan fingerprint density at radius 2 is 2.35 bits per heavy atom. The number of nitrogens with zero attached hydrogens (tertiary/aromatic N) is 1. The van der Waals surface area contributed by atoms with Crippen LogP contribution in [0.25, 0.3) is 0 Å². The number of thioether (sulfide) groups is 1. The summed E-state index contributed by atoms with van der Waals surface area (Å²) >= 11 is 1.22. The van der Waals surface area contributed by atoms with Gasteiger partial charge in [0.1, 0.15) is 0 Å². The molecule has 0 amide bonds. The zero-order valence-corrected chi connectivity index (χ0v) is 10.0. The minimum atomic E-state index is -0.202. The van der Waals surface area contributed by atoms with Gasteiger partial charge in [-0.25, -0.2) is 4.98 Å². The Labute approximate surface area is 102 Å². The van der Waals surface area contributed by atoms with Gasteiger partial charge in [0.15, 0.2) is 10.9 Å². The molecule has 0 unspecified atom stereocenters. The van der Waals surface area contributed by atoms with Crippen LogP contribution in [0.5, 0.6) is 0 Å². The Morgan fingerprint density at radius 1 is 1.53 bits per heavy atom. The number of Topliss-reactive ketones (excluding diaryl/α,β-unsaturated/α-hetero) is 1. The highest BCUT2D eigenvalue weighted by Crippen LogP contribution is 2.13. The monoisotopic (exact) mass is 249 g/mol. The molecule has 2 N–H and O–H groups in total. The van der Waals surface area contributed by atoms with Gasteiger partial charge in [-0.1, -0.05) is 11.8 Å². The summed E-state index contributed by atoms with van der Waals surface area (Å²) in [6.07, 6.45) is 1.70. The molecular weight excluding hydrogens is 238 g/mol. The third-order valence-electron chi connectivity index (χ3n) is 2.09. The minimum absolute atomic E-state index is 0.0239. The number of hydrogen-bond donors (Lipinski definition) is 2. The summed E-state index contributed by atoms with van der Waals surface area (Å²) in [4.78, 5) is 32.4. The van der Waals surface area contributed by atoms with Crippen molar-refractivity contribution in [3.63, 3.8) is 0 Å². The molecule has 88 valence electrons. The predicted molar refractivity (Wildman–Crippen MR) is 65.4 cm³/mol. The van der Waals surface area contributed by atoms with Crippen molar-refractivity contribution in [1.29, 1.82) is 0 Å². The Bertz CT molecular complexity index is 575. The molecule has 0 aliphatic heterocycles. The Morgan fingerprint density at radius 3 is 3.00 bits per heavy atom. The lowest BCUT2D eigenvalue weighted by Gasteiger charge is -2.00. The summed E-state index contributed by atoms with van der Waals surface area (Å²) in [6.45, 7) is 1.74. The van der Waals surface area contributed by atoms with Gasteiger partial charge in [0.2, 0.25) is 0 Å². The average molecular weight is 249 g/mol. The molecule has 0 saturated heterocycles. The number of hydrogen-bond acceptors (Lipinski definition) is 4. The van der Waals surface area contributed by atoms with Gasteiger partial charge < -0.3 is 9.97 Å². The lowest BCUT2D eigenvalue weighted by Crippen LogP contribution is -2.10. The van der Waals surface area contributed by atoms with Crippen molar-refractivity contribution in [3.05, 3.63) is 46.1 Å². The van der Waals surface area contributed by atoms with E-state index in [1.54, 1.807) is 25.3 Å². The van der Waals surface area contributed by atoms with Crippen molar-refractivity contribution in [2.45, 2.75) is 12.1 Å². The van der Waals surface area contributed by atoms with Crippen molar-refractivity contribution in [2.75, 3.05) is 5.75 Å². The third-order valence-corrected chi connectivity index (χ3v) is 2.96. The first-order valence-corrected chi connectivity index (χ1v) is 6.01. The van der Waals surface area contributed by atoms with Crippen LogP contribution in [0.1, 0.15) is 16.2 Å². The molecule has 2 aromatic rings. The van der Waals surface area contributed by atoms with Crippen LogP contribution in [0.2, 0.25) is 0 Å². The van der Waals surface area contributed by atoms with Crippen LogP contribution in [-0.2, 0) is 0 Å². The van der Waals surface area contributed by atoms with Gasteiger partial charge in [-0.15, -0.1) is 0 Å². The summed E-state index contributed by atoms with van der Waals surface area (Å²) in [7, 11) is 0. The second kappa shape index (κ2) is 5.01. The molecule has 2 rings (SSSR count). The van der Waals surface area contributed by atoms with Crippen molar-refractivity contribution < 1.29 is 4.79 Å². The normalized spacial score (nSPS) is 10.4. The highest BCUT2D eigenvalue weighted by Gasteiger charge is 2.08. The van der Waals surface area contributed by atoms with Crippen LogP contribution in [-0.4, -0.2) is 26.5 Å². The first kappa shape index (κ1) is 11.7. The fraction of sp³-hybridized carbons (Fsp3) is 0.182. The van der Waals surface area contributed by atoms with E-state index >= 15 is 0 Å². The molecule has 0 aliphatic carbocycles. The van der Waals surface area contributed by atoms with E-state index in [0.29, 0.717) is 16.5 Å². The molecule has 2 heterocycles. The number of rotatable bonds is 4. The van der Waals surface area contributed by atoms with Gasteiger partial charge in [-0.2, -0.15) is 0 Å². The van der Waals surface area contributed by atoms with E-state index < -0.39 is 0 Å². The summed E-state index contributed by atoms with van der Waals surface area (Å²) < 4.78 is 0. The summed E-state index contributed by atoms with van der Waals surface area (Å²) in [5.74, 6) is 0.219. The Balaban J connectivity index is 2.03. The van der Waals surface area contributed by atoms with E-state index in [4.69, 9.17) is 0 Å². The molecule has 6 heteroatoms. The molecule has 0 fully saturated rings. The topological polar surface area (TPSA) is 78.6 Å². The number of aryl methyl sites for hydroxylation is 1. The van der Waals surface area contributed by atoms with Crippen LogP contribution >= 0.6 is 11.8 Å². The predicted octanol–water partition coefficient (Wildman–Crippen LogP) is 1.38. The molecule has 0 aromatic carbocycles. The van der Waals surface area contributed by atoms with Crippen molar-refractivity contribution in [2.24, 2.45) is 0 Å². The van der Waals surface area contributed by atoms with Gasteiger partial charge in [0.05, 0.1) is 11.4 Å². The number of ketones is 1. The quantitative estimate of drug-likeness (QED) is 0.487. The average Bonchev–Trinajstić information content (AvgIpc) is 2.78. The SMILES string of the molecule is Cc1cc(=O)[nH]c(SCC(=O)c2ccc[nH]2)n1. The molecular formula is C11H11N3O2S. The van der Waals surface area contributed by atoms with Gasteiger partial charge in [-0.3, -0.25) is 9.59 Å². The molecule has 2 aromatic heterocycles. The lowest BCUT2D eigenvalue weighted by atomic mass is 10.3. The van der Waals surface area contributed by atoms with Crippen molar-refractivity contribution in [1.82, 2.24) is 15.0 Å². The first-order valence-electron chi connectivity index (χ1n) is 5.02. The van der Waals surface area contributed by atoms with Crippen LogP contribution in [0.15, 0.2) is 34.3 Å². The van der Waals surface area contributed by atoms with Gasteiger partial charge in [-0.05, 0) is 19.1 Å². The second-order valence-corrected chi connectivity index (χ2v) is 4.45. The standard InChI is InChI=1S/C11H11N3O2S/c1-7-5-10(16)14-11(13-7)17-6-9(15)8-3-2-4-12-8/h2-5,12H,6H2,1H3,(H,13,14,16). The summed E-state index contributed by atoms with van der Waals surface area (Å²) in [5, 5.41) is 0.468. The van der Waals surface area contributed by atoms with Crippen LogP contribution in [0.4, 0.5) is 0 Å². The molecule has 0 atom stereocenters. The van der Waals surface area contributed by atoms with Crippen LogP contribution in [0.3, 0.4) is 0 Å². The smallest absolute Gasteiger partial charge is 0.251 e. The molecule has 0 radical (unpaired) electrons. The first-order chi connectivity index (χ1) is 8.15. The zero-order chi connectivity index (χ0) is 12.3. The third kappa shape index (κ3) is 3.07. The Kier molecular flexibility index (Phi) is 3.43. The Hall–Kier alpha value is -1.82. The van der Waals surface area contributed by atoms with Gasteiger partial charge >= 0.3 is 0 Å². The maximum absolute atomic E-state index is 11.7. The van der Waals surface area contributed by atoms with E-state index in [9.17, 15) is 9.59 Å². The maximum atomic E-state index is 11.7. The van der Waals surface area contributed by atoms with E-state index in [0.717, 1.165) is 0 Å². The number of nitrogens with one attached hydrogen (secondary N) is 2. The molecule has 0 bridgehead atoms. The highest BCUT2D eigenvalue weighted by atomic mass is 32.2. The van der Waals surface area contributed by atoms with E-state index in [2.05, 4.69) is 15.0 Å². The number of H-pyrrole nitrogens is 2. The minimum Gasteiger partial charge on any atom is -0.359 e. The van der Waals surface area contributed by atoms with Gasteiger partial charge in [0, 0.05) is 18.0 Å². The molecule has 5 nitrogen and oxygen atoms in total. The fourth-order valence-electron chi connectivity index (χ4n) is 1.34. The summed E-state index contributed by atoms with van der Waals surface area (Å²) in [5.41, 5.74) is 1.00. The van der Waals surface area contributed by atoms with E-state index in [-0.39, 0.29) is 17.1 Å². The van der Waals surface area contributed by atoms with Crippen molar-refractivity contribution >= 4 is 17.5 Å². The largest absolute Gasteiger partial charge is 0.359 e. The van der Waals surface area contributed by atoms with E-state index in [1.165, 1.54) is 17.8 Å². The van der Waals surface area contributed by atoms with Gasteiger partial charge in [0.25, 0.3) is 5.56 Å². The molecule has 17 heavy (non-hydrogen) atoms. The van der Waals surface area contributed by atoms with Crippen LogP contribution < -0.4 is 5.56 Å². The van der Waals surface area contributed by atoms with Crippen molar-refractivity contribution in [3.8, 4) is 0 Å². The fourth-order valence-corrected chi connectivity index (χ4v) is 2.14. The highest BCUT2D eigenvalue weighted by molar-refractivity contribution is 7.99. The summed E-state index contributed by atoms with van der Waals surface area (Å²) in [6, 6.07) is 4.90. The molecule has 0 saturated carbocycles. The number of aromatic nitrogens is 3. The second-order valence-electron chi connectivity index (χ2n) is 3.49. The lowest BCUT2D eigenvalue weighted by molar-refractivity contribution is 0.101. The maximum Gasteiger partial charge on any atom is 0.251 e. The molecule has 0 aliphatic rings. The number of carbonyl (C=O) groups excluding carboxylic acids is 1. The van der Waals surface area contributed by atoms with E-state index in [1.807, 2.05) is 0 Å². The number of carbonyl (C=O) groups is 1.